The van der Waals surface area contributed by atoms with Gasteiger partial charge in [0.25, 0.3) is 0 Å². The average molecular weight is 406 g/mol. The molecule has 1 aliphatic rings. The SMILES string of the molecule is CCN1CCN(CC(=O)NC(c2ccc(Cl)cc2)c2cccs2)C(=O)C1=O. The summed E-state index contributed by atoms with van der Waals surface area (Å²) in [4.78, 5) is 40.6. The third kappa shape index (κ3) is 4.48. The van der Waals surface area contributed by atoms with Crippen molar-refractivity contribution in [2.75, 3.05) is 26.2 Å². The minimum absolute atomic E-state index is 0.141. The van der Waals surface area contributed by atoms with Gasteiger partial charge in [-0.25, -0.2) is 0 Å². The van der Waals surface area contributed by atoms with Crippen LogP contribution in [0.3, 0.4) is 0 Å². The minimum Gasteiger partial charge on any atom is -0.343 e. The number of benzene rings is 1. The van der Waals surface area contributed by atoms with Gasteiger partial charge in [-0.05, 0) is 36.1 Å². The molecule has 1 saturated heterocycles. The van der Waals surface area contributed by atoms with E-state index in [4.69, 9.17) is 11.6 Å². The lowest BCUT2D eigenvalue weighted by atomic mass is 10.1. The van der Waals surface area contributed by atoms with Crippen molar-refractivity contribution in [1.29, 1.82) is 0 Å². The van der Waals surface area contributed by atoms with Crippen molar-refractivity contribution in [2.45, 2.75) is 13.0 Å². The molecule has 0 saturated carbocycles. The van der Waals surface area contributed by atoms with E-state index in [9.17, 15) is 14.4 Å². The molecule has 1 aliphatic heterocycles. The Balaban J connectivity index is 1.71. The van der Waals surface area contributed by atoms with E-state index in [1.54, 1.807) is 12.1 Å². The molecule has 1 atom stereocenters. The molecular formula is C19H20ClN3O3S. The zero-order valence-corrected chi connectivity index (χ0v) is 16.4. The van der Waals surface area contributed by atoms with Gasteiger partial charge in [0, 0.05) is 29.5 Å². The molecular weight excluding hydrogens is 386 g/mol. The first-order chi connectivity index (χ1) is 13.0. The second kappa shape index (κ2) is 8.54. The summed E-state index contributed by atoms with van der Waals surface area (Å²) in [6.45, 7) is 2.97. The molecule has 0 radical (unpaired) electrons. The summed E-state index contributed by atoms with van der Waals surface area (Å²) >= 11 is 7.50. The number of likely N-dealkylation sites (N-methyl/N-ethyl adjacent to an activating group) is 1. The molecule has 0 spiro atoms. The van der Waals surface area contributed by atoms with Gasteiger partial charge in [0.05, 0.1) is 6.04 Å². The molecule has 1 aromatic carbocycles. The Labute approximate surface area is 166 Å². The van der Waals surface area contributed by atoms with Gasteiger partial charge in [0.15, 0.2) is 0 Å². The van der Waals surface area contributed by atoms with E-state index in [-0.39, 0.29) is 18.5 Å². The predicted octanol–water partition coefficient (Wildman–Crippen LogP) is 2.30. The standard InChI is InChI=1S/C19H20ClN3O3S/c1-2-22-9-10-23(19(26)18(22)25)12-16(24)21-17(15-4-3-11-27-15)13-5-7-14(20)8-6-13/h3-8,11,17H,2,9-10,12H2,1H3,(H,21,24). The highest BCUT2D eigenvalue weighted by molar-refractivity contribution is 7.10. The molecule has 8 heteroatoms. The fourth-order valence-electron chi connectivity index (χ4n) is 2.98. The second-order valence-corrected chi connectivity index (χ2v) is 7.59. The quantitative estimate of drug-likeness (QED) is 0.750. The van der Waals surface area contributed by atoms with E-state index in [2.05, 4.69) is 5.32 Å². The van der Waals surface area contributed by atoms with Crippen molar-refractivity contribution in [3.8, 4) is 0 Å². The Bertz CT molecular complexity index is 823. The van der Waals surface area contributed by atoms with Gasteiger partial charge in [-0.3, -0.25) is 14.4 Å². The topological polar surface area (TPSA) is 69.7 Å². The van der Waals surface area contributed by atoms with Gasteiger partial charge in [0.2, 0.25) is 5.91 Å². The van der Waals surface area contributed by atoms with Crippen LogP contribution in [-0.4, -0.2) is 53.7 Å². The van der Waals surface area contributed by atoms with Crippen LogP contribution < -0.4 is 5.32 Å². The Morgan fingerprint density at radius 1 is 1.15 bits per heavy atom. The highest BCUT2D eigenvalue weighted by Gasteiger charge is 2.33. The number of piperazine rings is 1. The van der Waals surface area contributed by atoms with Crippen molar-refractivity contribution in [1.82, 2.24) is 15.1 Å². The van der Waals surface area contributed by atoms with E-state index in [1.165, 1.54) is 21.1 Å². The third-order valence-electron chi connectivity index (χ3n) is 4.45. The van der Waals surface area contributed by atoms with E-state index >= 15 is 0 Å². The number of thiophene rings is 1. The summed E-state index contributed by atoms with van der Waals surface area (Å²) in [5.41, 5.74) is 0.897. The highest BCUT2D eigenvalue weighted by atomic mass is 35.5. The van der Waals surface area contributed by atoms with Gasteiger partial charge in [0.1, 0.15) is 6.54 Å². The smallest absolute Gasteiger partial charge is 0.312 e. The van der Waals surface area contributed by atoms with Crippen molar-refractivity contribution in [2.24, 2.45) is 0 Å². The fourth-order valence-corrected chi connectivity index (χ4v) is 3.91. The van der Waals surface area contributed by atoms with Crippen LogP contribution >= 0.6 is 22.9 Å². The van der Waals surface area contributed by atoms with E-state index < -0.39 is 11.8 Å². The number of nitrogens with one attached hydrogen (secondary N) is 1. The first-order valence-corrected chi connectivity index (χ1v) is 9.91. The summed E-state index contributed by atoms with van der Waals surface area (Å²) in [5.74, 6) is -1.49. The Morgan fingerprint density at radius 2 is 1.81 bits per heavy atom. The molecule has 1 aromatic heterocycles. The number of carbonyl (C=O) groups excluding carboxylic acids is 3. The molecule has 0 bridgehead atoms. The summed E-state index contributed by atoms with van der Waals surface area (Å²) in [6, 6.07) is 10.8. The number of nitrogens with zero attached hydrogens (tertiary/aromatic N) is 2. The zero-order chi connectivity index (χ0) is 19.4. The van der Waals surface area contributed by atoms with Gasteiger partial charge in [-0.1, -0.05) is 29.8 Å². The largest absolute Gasteiger partial charge is 0.343 e. The number of halogens is 1. The zero-order valence-electron chi connectivity index (χ0n) is 14.9. The lowest BCUT2D eigenvalue weighted by molar-refractivity contribution is -0.156. The summed E-state index contributed by atoms with van der Waals surface area (Å²) in [7, 11) is 0. The average Bonchev–Trinajstić information content (AvgIpc) is 3.19. The van der Waals surface area contributed by atoms with Crippen molar-refractivity contribution in [3.05, 3.63) is 57.2 Å². The maximum Gasteiger partial charge on any atom is 0.312 e. The third-order valence-corrected chi connectivity index (χ3v) is 5.64. The molecule has 6 nitrogen and oxygen atoms in total. The maximum absolute atomic E-state index is 12.6. The van der Waals surface area contributed by atoms with Crippen LogP contribution in [0.5, 0.6) is 0 Å². The molecule has 142 valence electrons. The van der Waals surface area contributed by atoms with Gasteiger partial charge in [-0.15, -0.1) is 11.3 Å². The molecule has 3 rings (SSSR count). The molecule has 3 amide bonds. The molecule has 2 aromatic rings. The van der Waals surface area contributed by atoms with Crippen LogP contribution in [0.15, 0.2) is 41.8 Å². The van der Waals surface area contributed by atoms with Crippen LogP contribution in [0.1, 0.15) is 23.4 Å². The van der Waals surface area contributed by atoms with Crippen molar-refractivity contribution < 1.29 is 14.4 Å². The summed E-state index contributed by atoms with van der Waals surface area (Å²) in [6.07, 6.45) is 0. The molecule has 1 fully saturated rings. The van der Waals surface area contributed by atoms with Gasteiger partial charge < -0.3 is 15.1 Å². The molecule has 1 unspecified atom stereocenters. The minimum atomic E-state index is -0.627. The monoisotopic (exact) mass is 405 g/mol. The van der Waals surface area contributed by atoms with Gasteiger partial charge in [-0.2, -0.15) is 0 Å². The van der Waals surface area contributed by atoms with Crippen molar-refractivity contribution >= 4 is 40.7 Å². The number of hydrogen-bond donors (Lipinski definition) is 1. The number of carbonyl (C=O) groups is 3. The molecule has 27 heavy (non-hydrogen) atoms. The lowest BCUT2D eigenvalue weighted by Gasteiger charge is -2.33. The second-order valence-electron chi connectivity index (χ2n) is 6.18. The van der Waals surface area contributed by atoms with Crippen LogP contribution in [0.4, 0.5) is 0 Å². The molecule has 2 heterocycles. The number of amides is 3. The molecule has 1 N–H and O–H groups in total. The van der Waals surface area contributed by atoms with E-state index in [0.29, 0.717) is 24.7 Å². The maximum atomic E-state index is 12.6. The van der Waals surface area contributed by atoms with Crippen molar-refractivity contribution in [3.63, 3.8) is 0 Å². The summed E-state index contributed by atoms with van der Waals surface area (Å²) in [5, 5.41) is 5.53. The van der Waals surface area contributed by atoms with Crippen LogP contribution in [0.2, 0.25) is 5.02 Å². The highest BCUT2D eigenvalue weighted by Crippen LogP contribution is 2.27. The molecule has 0 aliphatic carbocycles. The Kier molecular flexibility index (Phi) is 6.13. The fraction of sp³-hybridized carbons (Fsp3) is 0.316. The Hall–Kier alpha value is -2.38. The number of rotatable bonds is 6. The van der Waals surface area contributed by atoms with Crippen LogP contribution in [-0.2, 0) is 14.4 Å². The van der Waals surface area contributed by atoms with Gasteiger partial charge >= 0.3 is 11.8 Å². The number of hydrogen-bond acceptors (Lipinski definition) is 4. The summed E-state index contributed by atoms with van der Waals surface area (Å²) < 4.78 is 0. The first-order valence-electron chi connectivity index (χ1n) is 8.66. The van der Waals surface area contributed by atoms with Crippen LogP contribution in [0.25, 0.3) is 0 Å². The lowest BCUT2D eigenvalue weighted by Crippen LogP contribution is -2.56. The Morgan fingerprint density at radius 3 is 2.44 bits per heavy atom. The van der Waals surface area contributed by atoms with Crippen LogP contribution in [0, 0.1) is 0 Å². The first kappa shape index (κ1) is 19.4. The predicted molar refractivity (Wildman–Crippen MR) is 105 cm³/mol. The normalized spacial score (nSPS) is 15.8. The van der Waals surface area contributed by atoms with E-state index in [1.807, 2.05) is 36.6 Å². The van der Waals surface area contributed by atoms with E-state index in [0.717, 1.165) is 10.4 Å².